The summed E-state index contributed by atoms with van der Waals surface area (Å²) in [6, 6.07) is 24.3. The quantitative estimate of drug-likeness (QED) is 0.102. The Morgan fingerprint density at radius 1 is 0.933 bits per heavy atom. The summed E-state index contributed by atoms with van der Waals surface area (Å²) in [5.41, 5.74) is 2.53. The van der Waals surface area contributed by atoms with Gasteiger partial charge in [-0.1, -0.05) is 60.7 Å². The van der Waals surface area contributed by atoms with E-state index in [0.717, 1.165) is 28.8 Å². The number of halogens is 3. The highest BCUT2D eigenvalue weighted by Crippen LogP contribution is 2.43. The molecule has 0 spiro atoms. The first kappa shape index (κ1) is 43.7. The van der Waals surface area contributed by atoms with Crippen LogP contribution in [-0.4, -0.2) is 68.9 Å². The van der Waals surface area contributed by atoms with Crippen LogP contribution in [-0.2, 0) is 41.7 Å². The maximum atomic E-state index is 14.4. The molecule has 4 amide bonds. The number of hydrogen-bond donors (Lipinski definition) is 2. The van der Waals surface area contributed by atoms with Crippen molar-refractivity contribution in [2.24, 2.45) is 0 Å². The maximum absolute atomic E-state index is 14.4. The van der Waals surface area contributed by atoms with Gasteiger partial charge < -0.3 is 42.0 Å². The Kier molecular flexibility index (Phi) is 13.5. The molecule has 60 heavy (non-hydrogen) atoms. The first-order chi connectivity index (χ1) is 28.2. The van der Waals surface area contributed by atoms with Gasteiger partial charge in [0.15, 0.2) is 30.1 Å². The molecule has 0 saturated carbocycles. The lowest BCUT2D eigenvalue weighted by Crippen LogP contribution is -3.00. The van der Waals surface area contributed by atoms with Crippen LogP contribution in [0.5, 0.6) is 0 Å². The first-order valence-electron chi connectivity index (χ1n) is 18.9. The zero-order chi connectivity index (χ0) is 41.8. The molecule has 4 heterocycles. The number of carbonyl (C=O) groups is 5. The number of allylic oxidation sites excluding steroid dienone is 1. The summed E-state index contributed by atoms with van der Waals surface area (Å²) in [5, 5.41) is 4.58. The number of hydrogen-bond acceptors (Lipinski definition) is 8. The van der Waals surface area contributed by atoms with Crippen molar-refractivity contribution < 1.29 is 63.8 Å². The van der Waals surface area contributed by atoms with Crippen molar-refractivity contribution >= 4 is 47.2 Å². The molecule has 2 saturated heterocycles. The molecule has 3 aliphatic rings. The average Bonchev–Trinajstić information content (AvgIpc) is 3.55. The summed E-state index contributed by atoms with van der Waals surface area (Å²) in [4.78, 5) is 70.2. The molecule has 1 aromatic heterocycles. The molecular weight excluding hydrogens is 860 g/mol. The minimum Gasteiger partial charge on any atom is -1.00 e. The Bertz CT molecular complexity index is 2300. The lowest BCUT2D eigenvalue weighted by molar-refractivity contribution is -0.684. The van der Waals surface area contributed by atoms with Crippen molar-refractivity contribution in [2.45, 2.75) is 63.4 Å². The van der Waals surface area contributed by atoms with E-state index in [0.29, 0.717) is 24.1 Å². The van der Waals surface area contributed by atoms with E-state index in [1.54, 1.807) is 60.8 Å². The van der Waals surface area contributed by atoms with E-state index in [9.17, 15) is 32.8 Å². The number of amides is 4. The maximum Gasteiger partial charge on any atom is 0.408 e. The minimum atomic E-state index is -1.06. The number of carbonyl (C=O) groups excluding carboxylic acids is 5. The Hall–Kier alpha value is -5.87. The number of likely N-dealkylation sites (tertiary alicyclic amines) is 1. The summed E-state index contributed by atoms with van der Waals surface area (Å²) in [6.45, 7) is 5.77. The third-order valence-electron chi connectivity index (χ3n) is 9.72. The predicted molar refractivity (Wildman–Crippen MR) is 214 cm³/mol. The van der Waals surface area contributed by atoms with E-state index in [2.05, 4.69) is 10.6 Å². The van der Waals surface area contributed by atoms with Crippen molar-refractivity contribution in [2.75, 3.05) is 17.6 Å². The molecular formula is C44H42BrF2N5O7S. The fraction of sp³-hybridized carbons (Fsp3) is 0.273. The number of nitrogens with zero attached hydrogens (tertiary/aromatic N) is 3. The molecule has 2 fully saturated rings. The average molecular weight is 903 g/mol. The number of pyridine rings is 1. The smallest absolute Gasteiger partial charge is 0.408 e. The van der Waals surface area contributed by atoms with Crippen LogP contribution in [0.1, 0.15) is 50.0 Å². The van der Waals surface area contributed by atoms with Crippen LogP contribution >= 0.6 is 11.8 Å². The van der Waals surface area contributed by atoms with E-state index in [1.165, 1.54) is 22.7 Å². The number of ether oxygens (including phenoxy) is 2. The monoisotopic (exact) mass is 901 g/mol. The fourth-order valence-corrected chi connectivity index (χ4v) is 8.25. The molecule has 16 heteroatoms. The van der Waals surface area contributed by atoms with Gasteiger partial charge in [0.1, 0.15) is 22.7 Å². The van der Waals surface area contributed by atoms with E-state index in [4.69, 9.17) is 9.47 Å². The summed E-state index contributed by atoms with van der Waals surface area (Å²) in [6.07, 6.45) is 3.89. The molecule has 7 rings (SSSR count). The summed E-state index contributed by atoms with van der Waals surface area (Å²) >= 11 is 1.36. The molecule has 0 aliphatic carbocycles. The largest absolute Gasteiger partial charge is 1.00 e. The van der Waals surface area contributed by atoms with Crippen LogP contribution in [0.2, 0.25) is 0 Å². The summed E-state index contributed by atoms with van der Waals surface area (Å²) in [7, 11) is 0. The molecule has 12 nitrogen and oxygen atoms in total. The van der Waals surface area contributed by atoms with Crippen molar-refractivity contribution in [3.63, 3.8) is 0 Å². The van der Waals surface area contributed by atoms with Gasteiger partial charge in [-0.25, -0.2) is 18.4 Å². The number of rotatable bonds is 11. The summed E-state index contributed by atoms with van der Waals surface area (Å²) < 4.78 is 40.1. The van der Waals surface area contributed by atoms with Gasteiger partial charge in [-0.05, 0) is 67.7 Å². The van der Waals surface area contributed by atoms with Crippen molar-refractivity contribution in [1.82, 2.24) is 15.1 Å². The van der Waals surface area contributed by atoms with Gasteiger partial charge >= 0.3 is 12.1 Å². The number of thioether (sulfide) groups is 1. The second-order valence-electron chi connectivity index (χ2n) is 15.2. The van der Waals surface area contributed by atoms with Crippen LogP contribution in [0.25, 0.3) is 0 Å². The molecule has 0 unspecified atom stereocenters. The van der Waals surface area contributed by atoms with Gasteiger partial charge in [0, 0.05) is 48.3 Å². The highest BCUT2D eigenvalue weighted by Gasteiger charge is 2.55. The summed E-state index contributed by atoms with van der Waals surface area (Å²) in [5.74, 6) is -3.74. The highest BCUT2D eigenvalue weighted by molar-refractivity contribution is 8.00. The van der Waals surface area contributed by atoms with E-state index in [1.807, 2.05) is 60.7 Å². The third kappa shape index (κ3) is 10.1. The standard InChI is InChI=1S/C44H41F2N5O7S.BrH/c1-44(2,3)58-43(56)48-36-40(54)51-37(42(55)57-38(28-10-6-4-7-11-28)29-12-8-5-9-13-29)31(26-59-41(36)51)22-30-18-21-50(39(30)53)24-27-16-19-49(20-17-27)25-35(52)47-32-14-15-33(45)34(46)23-32;/h4-17,19-20,22-23,36,38,41H,18,21,24-26H2,1-3H3,(H-,47,48,52,56);1H/t36-,41-;/m1./s1. The number of alkyl carbamates (subject to hydrolysis) is 1. The van der Waals surface area contributed by atoms with E-state index >= 15 is 0 Å². The molecule has 4 aromatic rings. The van der Waals surface area contributed by atoms with Gasteiger partial charge in [-0.3, -0.25) is 19.3 Å². The van der Waals surface area contributed by atoms with Crippen molar-refractivity contribution in [3.8, 4) is 0 Å². The van der Waals surface area contributed by atoms with Crippen LogP contribution in [0.15, 0.2) is 126 Å². The number of nitrogens with one attached hydrogen (secondary N) is 2. The lowest BCUT2D eigenvalue weighted by atomic mass is 10.00. The van der Waals surface area contributed by atoms with Crippen LogP contribution in [0.3, 0.4) is 0 Å². The Morgan fingerprint density at radius 2 is 1.58 bits per heavy atom. The van der Waals surface area contributed by atoms with Crippen LogP contribution < -0.4 is 32.2 Å². The van der Waals surface area contributed by atoms with Crippen molar-refractivity contribution in [3.05, 3.63) is 155 Å². The Balaban J connectivity index is 0.00000604. The SMILES string of the molecule is CC(C)(C)OC(=O)N[C@@H]1C(=O)N2C(C(=O)OC(c3ccccc3)c3ccccc3)=C(C=C3CCN(Cc4cc[n+](CC(=O)Nc5ccc(F)c(F)c5)cc4)C3=O)CS[C@H]12.[Br-]. The van der Waals surface area contributed by atoms with Gasteiger partial charge in [0.2, 0.25) is 12.5 Å². The molecule has 2 atom stereocenters. The number of aromatic nitrogens is 1. The normalized spacial score (nSPS) is 18.1. The fourth-order valence-electron chi connectivity index (χ4n) is 6.95. The second kappa shape index (κ2) is 18.6. The van der Waals surface area contributed by atoms with Crippen LogP contribution in [0.4, 0.5) is 19.3 Å². The molecule has 0 radical (unpaired) electrons. The number of β-lactam (4-membered cyclic amide) rings is 1. The van der Waals surface area contributed by atoms with Gasteiger partial charge in [0.25, 0.3) is 11.8 Å². The zero-order valence-corrected chi connectivity index (χ0v) is 35.3. The first-order valence-corrected chi connectivity index (χ1v) is 20.0. The second-order valence-corrected chi connectivity index (χ2v) is 16.3. The molecule has 2 N–H and O–H groups in total. The number of fused-ring (bicyclic) bond motifs is 1. The van der Waals surface area contributed by atoms with Crippen molar-refractivity contribution in [1.29, 1.82) is 0 Å². The highest BCUT2D eigenvalue weighted by atomic mass is 79.9. The van der Waals surface area contributed by atoms with Gasteiger partial charge in [-0.2, -0.15) is 4.57 Å². The molecule has 3 aromatic carbocycles. The van der Waals surface area contributed by atoms with E-state index in [-0.39, 0.29) is 53.1 Å². The number of benzene rings is 3. The van der Waals surface area contributed by atoms with Gasteiger partial charge in [-0.15, -0.1) is 11.8 Å². The van der Waals surface area contributed by atoms with Crippen LogP contribution in [0, 0.1) is 11.6 Å². The lowest BCUT2D eigenvalue weighted by Gasteiger charge is -2.49. The predicted octanol–water partition coefficient (Wildman–Crippen LogP) is 2.95. The Morgan fingerprint density at radius 3 is 2.20 bits per heavy atom. The molecule has 0 bridgehead atoms. The third-order valence-corrected chi connectivity index (χ3v) is 11.0. The number of anilines is 1. The van der Waals surface area contributed by atoms with E-state index < -0.39 is 58.6 Å². The molecule has 3 aliphatic heterocycles. The minimum absolute atomic E-state index is 0. The molecule has 312 valence electrons. The number of esters is 1. The Labute approximate surface area is 360 Å². The zero-order valence-electron chi connectivity index (χ0n) is 32.9. The van der Waals surface area contributed by atoms with Gasteiger partial charge in [0.05, 0.1) is 0 Å². The topological polar surface area (TPSA) is 138 Å².